The van der Waals surface area contributed by atoms with Crippen molar-refractivity contribution in [2.24, 2.45) is 0 Å². The third-order valence-electron chi connectivity index (χ3n) is 4.15. The highest BCUT2D eigenvalue weighted by atomic mass is 16.5. The molecule has 0 amide bonds. The molecular weight excluding hydrogens is 320 g/mol. The van der Waals surface area contributed by atoms with E-state index in [4.69, 9.17) is 14.6 Å². The predicted molar refractivity (Wildman–Crippen MR) is 94.3 cm³/mol. The lowest BCUT2D eigenvalue weighted by Crippen LogP contribution is -2.40. The van der Waals surface area contributed by atoms with Crippen molar-refractivity contribution in [3.05, 3.63) is 54.2 Å². The molecule has 0 radical (unpaired) electrons. The topological polar surface area (TPSA) is 71.9 Å². The maximum Gasteiger partial charge on any atom is 0.337 e. The Labute approximate surface area is 147 Å². The summed E-state index contributed by atoms with van der Waals surface area (Å²) in [6, 6.07) is 13.0. The number of para-hydroxylation sites is 1. The highest BCUT2D eigenvalue weighted by molar-refractivity contribution is 5.87. The second-order valence-corrected chi connectivity index (χ2v) is 5.95. The molecule has 132 valence electrons. The summed E-state index contributed by atoms with van der Waals surface area (Å²) in [5.41, 5.74) is 0.201. The summed E-state index contributed by atoms with van der Waals surface area (Å²) in [6.07, 6.45) is 3.56. The highest BCUT2D eigenvalue weighted by Gasteiger charge is 2.21. The van der Waals surface area contributed by atoms with Gasteiger partial charge < -0.3 is 19.5 Å². The Hall–Kier alpha value is -2.60. The molecule has 1 aromatic heterocycles. The van der Waals surface area contributed by atoms with E-state index in [1.165, 1.54) is 6.20 Å². The molecule has 6 heteroatoms. The smallest absolute Gasteiger partial charge is 0.337 e. The Morgan fingerprint density at radius 3 is 2.76 bits per heavy atom. The molecule has 2 heterocycles. The van der Waals surface area contributed by atoms with Gasteiger partial charge in [-0.1, -0.05) is 18.2 Å². The van der Waals surface area contributed by atoms with Crippen LogP contribution in [0.25, 0.3) is 0 Å². The fourth-order valence-electron chi connectivity index (χ4n) is 2.87. The zero-order valence-corrected chi connectivity index (χ0v) is 14.0. The number of carboxylic acids is 1. The van der Waals surface area contributed by atoms with Gasteiger partial charge in [0.1, 0.15) is 18.2 Å². The van der Waals surface area contributed by atoms with Gasteiger partial charge in [0.2, 0.25) is 0 Å². The number of ether oxygens (including phenoxy) is 2. The van der Waals surface area contributed by atoms with Gasteiger partial charge in [0.05, 0.1) is 18.3 Å². The number of nitrogens with zero attached hydrogens (tertiary/aromatic N) is 2. The third kappa shape index (κ3) is 4.93. The van der Waals surface area contributed by atoms with Crippen LogP contribution in [0.2, 0.25) is 0 Å². The summed E-state index contributed by atoms with van der Waals surface area (Å²) in [6.45, 7) is 2.72. The first-order valence-electron chi connectivity index (χ1n) is 8.46. The Morgan fingerprint density at radius 2 is 2.04 bits per heavy atom. The van der Waals surface area contributed by atoms with Crippen LogP contribution in [0.15, 0.2) is 48.7 Å². The number of hydrogen-bond donors (Lipinski definition) is 1. The molecule has 0 saturated carbocycles. The zero-order valence-electron chi connectivity index (χ0n) is 14.0. The van der Waals surface area contributed by atoms with Gasteiger partial charge >= 0.3 is 5.97 Å². The summed E-state index contributed by atoms with van der Waals surface area (Å²) < 4.78 is 11.6. The lowest BCUT2D eigenvalue weighted by atomic mass is 10.1. The molecule has 0 unspecified atom stereocenters. The number of carbonyl (C=O) groups is 1. The minimum Gasteiger partial charge on any atom is -0.491 e. The largest absolute Gasteiger partial charge is 0.491 e. The van der Waals surface area contributed by atoms with Gasteiger partial charge in [-0.3, -0.25) is 0 Å². The van der Waals surface area contributed by atoms with Gasteiger partial charge in [0, 0.05) is 19.3 Å². The SMILES string of the molecule is O=C(O)c1ccc(N2CCC[C@@H](OCCOc3ccccc3)C2)nc1. The summed E-state index contributed by atoms with van der Waals surface area (Å²) in [7, 11) is 0. The number of aromatic nitrogens is 1. The second kappa shape index (κ2) is 8.48. The Balaban J connectivity index is 1.45. The molecule has 1 aliphatic rings. The van der Waals surface area contributed by atoms with Crippen LogP contribution < -0.4 is 9.64 Å². The molecular formula is C19H22N2O4. The average molecular weight is 342 g/mol. The molecule has 0 spiro atoms. The van der Waals surface area contributed by atoms with Crippen molar-refractivity contribution in [2.75, 3.05) is 31.2 Å². The van der Waals surface area contributed by atoms with Crippen LogP contribution in [0.4, 0.5) is 5.82 Å². The molecule has 1 saturated heterocycles. The van der Waals surface area contributed by atoms with E-state index in [1.807, 2.05) is 30.3 Å². The van der Waals surface area contributed by atoms with Gasteiger partial charge in [-0.05, 0) is 37.1 Å². The normalized spacial score (nSPS) is 17.3. The van der Waals surface area contributed by atoms with Crippen molar-refractivity contribution in [3.63, 3.8) is 0 Å². The minimum atomic E-state index is -0.961. The third-order valence-corrected chi connectivity index (χ3v) is 4.15. The molecule has 2 aromatic rings. The first kappa shape index (κ1) is 17.2. The van der Waals surface area contributed by atoms with Crippen LogP contribution in [0, 0.1) is 0 Å². The number of aromatic carboxylic acids is 1. The van der Waals surface area contributed by atoms with Crippen molar-refractivity contribution in [1.29, 1.82) is 0 Å². The molecule has 1 fully saturated rings. The number of piperidine rings is 1. The van der Waals surface area contributed by atoms with E-state index in [0.717, 1.165) is 37.5 Å². The zero-order chi connectivity index (χ0) is 17.5. The van der Waals surface area contributed by atoms with Crippen LogP contribution >= 0.6 is 0 Å². The predicted octanol–water partition coefficient (Wildman–Crippen LogP) is 2.84. The summed E-state index contributed by atoms with van der Waals surface area (Å²) in [5.74, 6) is 0.676. The summed E-state index contributed by atoms with van der Waals surface area (Å²) in [4.78, 5) is 17.3. The molecule has 0 aliphatic carbocycles. The molecule has 1 aromatic carbocycles. The van der Waals surface area contributed by atoms with Gasteiger partial charge in [0.15, 0.2) is 0 Å². The highest BCUT2D eigenvalue weighted by Crippen LogP contribution is 2.20. The Morgan fingerprint density at radius 1 is 1.20 bits per heavy atom. The summed E-state index contributed by atoms with van der Waals surface area (Å²) >= 11 is 0. The lowest BCUT2D eigenvalue weighted by Gasteiger charge is -2.33. The van der Waals surface area contributed by atoms with E-state index in [-0.39, 0.29) is 11.7 Å². The Kier molecular flexibility index (Phi) is 5.85. The van der Waals surface area contributed by atoms with Crippen molar-refractivity contribution >= 4 is 11.8 Å². The Bertz CT molecular complexity index is 676. The number of benzene rings is 1. The molecule has 1 N–H and O–H groups in total. The van der Waals surface area contributed by atoms with Crippen LogP contribution in [0.3, 0.4) is 0 Å². The standard InChI is InChI=1S/C19H22N2O4/c22-19(23)15-8-9-18(20-13-15)21-10-4-7-17(14-21)25-12-11-24-16-5-2-1-3-6-16/h1-3,5-6,8-9,13,17H,4,7,10-12,14H2,(H,22,23)/t17-/m1/s1. The van der Waals surface area contributed by atoms with Crippen molar-refractivity contribution < 1.29 is 19.4 Å². The first-order chi connectivity index (χ1) is 12.2. The minimum absolute atomic E-state index is 0.133. The van der Waals surface area contributed by atoms with Crippen LogP contribution in [0.5, 0.6) is 5.75 Å². The van der Waals surface area contributed by atoms with Gasteiger partial charge in [-0.2, -0.15) is 0 Å². The second-order valence-electron chi connectivity index (χ2n) is 5.95. The van der Waals surface area contributed by atoms with Crippen LogP contribution in [-0.2, 0) is 4.74 Å². The fraction of sp³-hybridized carbons (Fsp3) is 0.368. The number of anilines is 1. The van der Waals surface area contributed by atoms with E-state index in [1.54, 1.807) is 12.1 Å². The van der Waals surface area contributed by atoms with Crippen molar-refractivity contribution in [2.45, 2.75) is 18.9 Å². The van der Waals surface area contributed by atoms with E-state index in [2.05, 4.69) is 9.88 Å². The van der Waals surface area contributed by atoms with E-state index >= 15 is 0 Å². The maximum absolute atomic E-state index is 10.9. The van der Waals surface area contributed by atoms with Crippen LogP contribution in [-0.4, -0.2) is 48.5 Å². The molecule has 3 rings (SSSR count). The quantitative estimate of drug-likeness (QED) is 0.780. The molecule has 0 bridgehead atoms. The lowest BCUT2D eigenvalue weighted by molar-refractivity contribution is 0.0259. The first-order valence-corrected chi connectivity index (χ1v) is 8.46. The van der Waals surface area contributed by atoms with Gasteiger partial charge in [-0.25, -0.2) is 9.78 Å². The average Bonchev–Trinajstić information content (AvgIpc) is 2.66. The van der Waals surface area contributed by atoms with Crippen molar-refractivity contribution in [1.82, 2.24) is 4.98 Å². The molecule has 25 heavy (non-hydrogen) atoms. The number of pyridine rings is 1. The van der Waals surface area contributed by atoms with E-state index < -0.39 is 5.97 Å². The number of hydrogen-bond acceptors (Lipinski definition) is 5. The van der Waals surface area contributed by atoms with Crippen molar-refractivity contribution in [3.8, 4) is 5.75 Å². The maximum atomic E-state index is 10.9. The number of rotatable bonds is 7. The fourth-order valence-corrected chi connectivity index (χ4v) is 2.87. The van der Waals surface area contributed by atoms with Crippen LogP contribution in [0.1, 0.15) is 23.2 Å². The molecule has 1 aliphatic heterocycles. The monoisotopic (exact) mass is 342 g/mol. The van der Waals surface area contributed by atoms with E-state index in [9.17, 15) is 4.79 Å². The van der Waals surface area contributed by atoms with Gasteiger partial charge in [0.25, 0.3) is 0 Å². The van der Waals surface area contributed by atoms with E-state index in [0.29, 0.717) is 13.2 Å². The molecule has 6 nitrogen and oxygen atoms in total. The number of carboxylic acid groups (broad SMARTS) is 1. The molecule has 1 atom stereocenters. The summed E-state index contributed by atoms with van der Waals surface area (Å²) in [5, 5.41) is 8.95. The van der Waals surface area contributed by atoms with Gasteiger partial charge in [-0.15, -0.1) is 0 Å².